The highest BCUT2D eigenvalue weighted by atomic mass is 32.2. The van der Waals surface area contributed by atoms with Gasteiger partial charge in [0.05, 0.1) is 11.8 Å². The van der Waals surface area contributed by atoms with E-state index in [-0.39, 0.29) is 11.8 Å². The first kappa shape index (κ1) is 15.2. The maximum atomic E-state index is 12.1. The molecular formula is C15H16N2O3S. The summed E-state index contributed by atoms with van der Waals surface area (Å²) < 4.78 is 4.84. The average molecular weight is 304 g/mol. The molecule has 0 bridgehead atoms. The molecule has 1 atom stereocenters. The topological polar surface area (TPSA) is 71.3 Å². The minimum atomic E-state index is -0.648. The Morgan fingerprint density at radius 2 is 2.10 bits per heavy atom. The predicted octanol–water partition coefficient (Wildman–Crippen LogP) is 2.76. The molecule has 1 heterocycles. The highest BCUT2D eigenvalue weighted by molar-refractivity contribution is 7.98. The molecule has 6 heteroatoms. The Bertz CT molecular complexity index is 626. The van der Waals surface area contributed by atoms with Crippen LogP contribution in [0.1, 0.15) is 17.3 Å². The molecule has 1 aromatic carbocycles. The summed E-state index contributed by atoms with van der Waals surface area (Å²) in [5, 5.41) is 5.39. The Hall–Kier alpha value is -2.21. The van der Waals surface area contributed by atoms with Crippen molar-refractivity contribution in [2.75, 3.05) is 11.6 Å². The van der Waals surface area contributed by atoms with Crippen LogP contribution in [-0.2, 0) is 4.79 Å². The lowest BCUT2D eigenvalue weighted by Crippen LogP contribution is -2.41. The van der Waals surface area contributed by atoms with E-state index in [9.17, 15) is 9.59 Å². The number of thioether (sulfide) groups is 1. The number of furan rings is 1. The Kier molecular flexibility index (Phi) is 5.05. The Morgan fingerprint density at radius 3 is 2.76 bits per heavy atom. The molecule has 0 radical (unpaired) electrons. The minimum absolute atomic E-state index is 0.273. The zero-order valence-corrected chi connectivity index (χ0v) is 12.6. The largest absolute Gasteiger partial charge is 0.472 e. The highest BCUT2D eigenvalue weighted by Crippen LogP contribution is 2.19. The summed E-state index contributed by atoms with van der Waals surface area (Å²) in [6.07, 6.45) is 4.71. The van der Waals surface area contributed by atoms with E-state index >= 15 is 0 Å². The van der Waals surface area contributed by atoms with Gasteiger partial charge in [-0.15, -0.1) is 11.8 Å². The quantitative estimate of drug-likeness (QED) is 0.833. The Balaban J connectivity index is 1.94. The minimum Gasteiger partial charge on any atom is -0.472 e. The van der Waals surface area contributed by atoms with Gasteiger partial charge in [-0.05, 0) is 37.4 Å². The second-order valence-electron chi connectivity index (χ2n) is 4.43. The Morgan fingerprint density at radius 1 is 1.29 bits per heavy atom. The molecule has 0 saturated carbocycles. The van der Waals surface area contributed by atoms with Crippen LogP contribution in [0.2, 0.25) is 0 Å². The van der Waals surface area contributed by atoms with E-state index < -0.39 is 6.04 Å². The molecule has 2 aromatic rings. The summed E-state index contributed by atoms with van der Waals surface area (Å²) in [6, 6.07) is 8.42. The molecule has 2 rings (SSSR count). The molecule has 2 amide bonds. The van der Waals surface area contributed by atoms with E-state index in [1.807, 2.05) is 30.5 Å². The molecule has 0 unspecified atom stereocenters. The van der Waals surface area contributed by atoms with Gasteiger partial charge in [-0.3, -0.25) is 9.59 Å². The van der Waals surface area contributed by atoms with Gasteiger partial charge in [0.25, 0.3) is 5.91 Å². The van der Waals surface area contributed by atoms with E-state index in [0.29, 0.717) is 11.3 Å². The summed E-state index contributed by atoms with van der Waals surface area (Å²) in [7, 11) is 0. The van der Waals surface area contributed by atoms with Crippen LogP contribution in [0.3, 0.4) is 0 Å². The standard InChI is InChI=1S/C15H16N2O3S/c1-10(16-15(19)11-6-7-20-9-11)14(18)17-12-4-3-5-13(8-12)21-2/h3-10H,1-2H3,(H,16,19)(H,17,18)/t10-/m1/s1. The number of hydrogen-bond donors (Lipinski definition) is 2. The molecule has 110 valence electrons. The van der Waals surface area contributed by atoms with E-state index in [0.717, 1.165) is 4.90 Å². The first-order valence-corrected chi connectivity index (χ1v) is 7.60. The zero-order chi connectivity index (χ0) is 15.2. The van der Waals surface area contributed by atoms with Crippen molar-refractivity contribution in [2.24, 2.45) is 0 Å². The first-order valence-electron chi connectivity index (χ1n) is 6.38. The molecule has 0 aliphatic carbocycles. The number of benzene rings is 1. The van der Waals surface area contributed by atoms with Gasteiger partial charge >= 0.3 is 0 Å². The molecule has 21 heavy (non-hydrogen) atoms. The van der Waals surface area contributed by atoms with E-state index in [1.54, 1.807) is 24.8 Å². The molecule has 5 nitrogen and oxygen atoms in total. The van der Waals surface area contributed by atoms with Crippen LogP contribution < -0.4 is 10.6 Å². The van der Waals surface area contributed by atoms with E-state index in [4.69, 9.17) is 4.42 Å². The second kappa shape index (κ2) is 6.99. The van der Waals surface area contributed by atoms with Gasteiger partial charge in [0.1, 0.15) is 12.3 Å². The number of carbonyl (C=O) groups is 2. The highest BCUT2D eigenvalue weighted by Gasteiger charge is 2.17. The molecule has 0 fully saturated rings. The average Bonchev–Trinajstić information content (AvgIpc) is 3.01. The maximum absolute atomic E-state index is 12.1. The van der Waals surface area contributed by atoms with Gasteiger partial charge < -0.3 is 15.1 Å². The fraction of sp³-hybridized carbons (Fsp3) is 0.200. The van der Waals surface area contributed by atoms with Crippen LogP contribution in [0, 0.1) is 0 Å². The summed E-state index contributed by atoms with van der Waals surface area (Å²) in [4.78, 5) is 24.9. The number of anilines is 1. The molecule has 0 spiro atoms. The van der Waals surface area contributed by atoms with Gasteiger partial charge in [-0.2, -0.15) is 0 Å². The lowest BCUT2D eigenvalue weighted by atomic mass is 10.2. The number of nitrogens with one attached hydrogen (secondary N) is 2. The predicted molar refractivity (Wildman–Crippen MR) is 82.5 cm³/mol. The molecule has 0 aliphatic heterocycles. The van der Waals surface area contributed by atoms with Crippen LogP contribution in [0.25, 0.3) is 0 Å². The summed E-state index contributed by atoms with van der Waals surface area (Å²) in [5.74, 6) is -0.616. The Labute approximate surface area is 127 Å². The van der Waals surface area contributed by atoms with Crippen LogP contribution in [-0.4, -0.2) is 24.1 Å². The monoisotopic (exact) mass is 304 g/mol. The third-order valence-corrected chi connectivity index (χ3v) is 3.59. The van der Waals surface area contributed by atoms with Gasteiger partial charge in [-0.25, -0.2) is 0 Å². The molecule has 0 aliphatic rings. The van der Waals surface area contributed by atoms with Gasteiger partial charge in [0.15, 0.2) is 0 Å². The summed E-state index contributed by atoms with van der Waals surface area (Å²) >= 11 is 1.60. The summed E-state index contributed by atoms with van der Waals surface area (Å²) in [5.41, 5.74) is 1.09. The van der Waals surface area contributed by atoms with Crippen molar-refractivity contribution in [1.82, 2.24) is 5.32 Å². The van der Waals surface area contributed by atoms with E-state index in [2.05, 4.69) is 10.6 Å². The van der Waals surface area contributed by atoms with Crippen LogP contribution in [0.5, 0.6) is 0 Å². The lowest BCUT2D eigenvalue weighted by Gasteiger charge is -2.14. The number of rotatable bonds is 5. The van der Waals surface area contributed by atoms with Crippen molar-refractivity contribution in [3.05, 3.63) is 48.4 Å². The van der Waals surface area contributed by atoms with Crippen molar-refractivity contribution in [1.29, 1.82) is 0 Å². The van der Waals surface area contributed by atoms with Crippen molar-refractivity contribution in [3.8, 4) is 0 Å². The summed E-state index contributed by atoms with van der Waals surface area (Å²) in [6.45, 7) is 1.63. The van der Waals surface area contributed by atoms with Gasteiger partial charge in [0.2, 0.25) is 5.91 Å². The third kappa shape index (κ3) is 4.13. The van der Waals surface area contributed by atoms with Crippen LogP contribution in [0.15, 0.2) is 52.2 Å². The van der Waals surface area contributed by atoms with Crippen LogP contribution >= 0.6 is 11.8 Å². The van der Waals surface area contributed by atoms with Gasteiger partial charge in [-0.1, -0.05) is 6.07 Å². The number of amides is 2. The van der Waals surface area contributed by atoms with Crippen molar-refractivity contribution < 1.29 is 14.0 Å². The molecular weight excluding hydrogens is 288 g/mol. The normalized spacial score (nSPS) is 11.7. The van der Waals surface area contributed by atoms with E-state index in [1.165, 1.54) is 12.5 Å². The number of hydrogen-bond acceptors (Lipinski definition) is 4. The smallest absolute Gasteiger partial charge is 0.255 e. The van der Waals surface area contributed by atoms with Crippen molar-refractivity contribution in [2.45, 2.75) is 17.9 Å². The zero-order valence-electron chi connectivity index (χ0n) is 11.8. The van der Waals surface area contributed by atoms with Gasteiger partial charge in [0, 0.05) is 10.6 Å². The molecule has 2 N–H and O–H groups in total. The molecule has 1 aromatic heterocycles. The van der Waals surface area contributed by atoms with Crippen LogP contribution in [0.4, 0.5) is 5.69 Å². The number of carbonyl (C=O) groups excluding carboxylic acids is 2. The van der Waals surface area contributed by atoms with Crippen molar-refractivity contribution in [3.63, 3.8) is 0 Å². The first-order chi connectivity index (χ1) is 10.1. The second-order valence-corrected chi connectivity index (χ2v) is 5.31. The third-order valence-electron chi connectivity index (χ3n) is 2.86. The molecule has 0 saturated heterocycles. The fourth-order valence-electron chi connectivity index (χ4n) is 1.69. The SMILES string of the molecule is CSc1cccc(NC(=O)[C@@H](C)NC(=O)c2ccoc2)c1. The fourth-order valence-corrected chi connectivity index (χ4v) is 2.15. The lowest BCUT2D eigenvalue weighted by molar-refractivity contribution is -0.117. The van der Waals surface area contributed by atoms with Crippen molar-refractivity contribution >= 4 is 29.3 Å². The maximum Gasteiger partial charge on any atom is 0.255 e.